The lowest BCUT2D eigenvalue weighted by molar-refractivity contribution is -0.697. The van der Waals surface area contributed by atoms with Crippen LogP contribution in [0.2, 0.25) is 0 Å². The van der Waals surface area contributed by atoms with E-state index < -0.39 is 0 Å². The summed E-state index contributed by atoms with van der Waals surface area (Å²) in [6.45, 7) is 5.07. The van der Waals surface area contributed by atoms with Crippen LogP contribution in [0.3, 0.4) is 0 Å². The van der Waals surface area contributed by atoms with Gasteiger partial charge in [-0.25, -0.2) is 0 Å². The predicted octanol–water partition coefficient (Wildman–Crippen LogP) is 2.46. The number of ether oxygens (including phenoxy) is 1. The average molecular weight is 297 g/mol. The molecule has 2 rings (SSSR count). The molecule has 22 heavy (non-hydrogen) atoms. The quantitative estimate of drug-likeness (QED) is 0.805. The molecule has 4 heteroatoms. The summed E-state index contributed by atoms with van der Waals surface area (Å²) in [6, 6.07) is 11.3. The highest BCUT2D eigenvalue weighted by Crippen LogP contribution is 2.30. The third-order valence-electron chi connectivity index (χ3n) is 3.40. The SMILES string of the molecule is C=Cc1cccc(/C=C/c2cccc(OC)c2O)[n+]1CCN. The number of methoxy groups -OCH3 is 1. The van der Waals surface area contributed by atoms with E-state index in [2.05, 4.69) is 11.1 Å². The number of hydrogen-bond donors (Lipinski definition) is 2. The molecule has 1 heterocycles. The fraction of sp³-hybridized carbons (Fsp3) is 0.167. The van der Waals surface area contributed by atoms with E-state index in [0.717, 1.165) is 11.4 Å². The molecule has 0 aliphatic carbocycles. The maximum Gasteiger partial charge on any atom is 0.205 e. The van der Waals surface area contributed by atoms with E-state index in [1.54, 1.807) is 12.1 Å². The highest BCUT2D eigenvalue weighted by atomic mass is 16.5. The Morgan fingerprint density at radius 2 is 1.91 bits per heavy atom. The Hall–Kier alpha value is -2.59. The van der Waals surface area contributed by atoms with Crippen LogP contribution in [-0.4, -0.2) is 18.8 Å². The number of para-hydroxylation sites is 1. The van der Waals surface area contributed by atoms with E-state index in [0.29, 0.717) is 24.4 Å². The van der Waals surface area contributed by atoms with Crippen molar-refractivity contribution in [2.75, 3.05) is 13.7 Å². The van der Waals surface area contributed by atoms with Gasteiger partial charge in [0.05, 0.1) is 13.7 Å². The molecular weight excluding hydrogens is 276 g/mol. The van der Waals surface area contributed by atoms with Crippen molar-refractivity contribution in [2.24, 2.45) is 5.73 Å². The molecule has 2 aromatic rings. The minimum atomic E-state index is 0.131. The zero-order valence-corrected chi connectivity index (χ0v) is 12.7. The van der Waals surface area contributed by atoms with E-state index in [1.807, 2.05) is 42.5 Å². The van der Waals surface area contributed by atoms with Crippen molar-refractivity contribution in [1.82, 2.24) is 0 Å². The van der Waals surface area contributed by atoms with E-state index in [9.17, 15) is 5.11 Å². The first-order valence-electron chi connectivity index (χ1n) is 7.10. The van der Waals surface area contributed by atoms with E-state index in [1.165, 1.54) is 7.11 Å². The van der Waals surface area contributed by atoms with Crippen molar-refractivity contribution in [3.63, 3.8) is 0 Å². The van der Waals surface area contributed by atoms with Gasteiger partial charge in [-0.05, 0) is 18.2 Å². The van der Waals surface area contributed by atoms with Crippen LogP contribution in [0.5, 0.6) is 11.5 Å². The molecule has 0 amide bonds. The average Bonchev–Trinajstić information content (AvgIpc) is 2.55. The molecule has 114 valence electrons. The molecule has 1 aromatic heterocycles. The molecule has 0 radical (unpaired) electrons. The van der Waals surface area contributed by atoms with Gasteiger partial charge in [-0.3, -0.25) is 0 Å². The van der Waals surface area contributed by atoms with Gasteiger partial charge in [0.1, 0.15) is 0 Å². The number of aromatic nitrogens is 1. The van der Waals surface area contributed by atoms with Crippen molar-refractivity contribution in [3.8, 4) is 11.5 Å². The Labute approximate surface area is 130 Å². The number of phenolic OH excluding ortho intramolecular Hbond substituents is 1. The van der Waals surface area contributed by atoms with Gasteiger partial charge < -0.3 is 15.6 Å². The molecule has 0 saturated carbocycles. The number of nitrogens with two attached hydrogens (primary N) is 1. The number of phenols is 1. The van der Waals surface area contributed by atoms with Crippen molar-refractivity contribution in [3.05, 3.63) is 59.9 Å². The Bertz CT molecular complexity index is 693. The van der Waals surface area contributed by atoms with Crippen LogP contribution in [0.15, 0.2) is 43.0 Å². The van der Waals surface area contributed by atoms with Crippen molar-refractivity contribution >= 4 is 18.2 Å². The largest absolute Gasteiger partial charge is 0.504 e. The smallest absolute Gasteiger partial charge is 0.205 e. The number of aromatic hydroxyl groups is 1. The van der Waals surface area contributed by atoms with E-state index >= 15 is 0 Å². The fourth-order valence-corrected chi connectivity index (χ4v) is 2.30. The standard InChI is InChI=1S/C18H20N2O2/c1-3-15-7-5-8-16(20(15)13-12-19)11-10-14-6-4-9-17(22-2)18(14)21/h3-11H,1,12-13,19H2,2H3/p+1. The maximum atomic E-state index is 10.1. The second kappa shape index (κ2) is 7.43. The third kappa shape index (κ3) is 3.35. The van der Waals surface area contributed by atoms with Crippen molar-refractivity contribution < 1.29 is 14.4 Å². The summed E-state index contributed by atoms with van der Waals surface area (Å²) in [4.78, 5) is 0. The van der Waals surface area contributed by atoms with Gasteiger partial charge >= 0.3 is 0 Å². The van der Waals surface area contributed by atoms with Crippen molar-refractivity contribution in [1.29, 1.82) is 0 Å². The van der Waals surface area contributed by atoms with Crippen LogP contribution < -0.4 is 15.0 Å². The Balaban J connectivity index is 2.40. The normalized spacial score (nSPS) is 10.8. The Kier molecular flexibility index (Phi) is 5.33. The van der Waals surface area contributed by atoms with Gasteiger partial charge in [-0.15, -0.1) is 0 Å². The summed E-state index contributed by atoms with van der Waals surface area (Å²) in [5, 5.41) is 10.1. The van der Waals surface area contributed by atoms with E-state index in [4.69, 9.17) is 10.5 Å². The molecule has 0 unspecified atom stereocenters. The fourth-order valence-electron chi connectivity index (χ4n) is 2.30. The minimum absolute atomic E-state index is 0.131. The van der Waals surface area contributed by atoms with Gasteiger partial charge in [-0.1, -0.05) is 18.7 Å². The molecule has 0 aliphatic heterocycles. The second-order valence-electron chi connectivity index (χ2n) is 4.75. The Morgan fingerprint density at radius 1 is 1.18 bits per heavy atom. The lowest BCUT2D eigenvalue weighted by Crippen LogP contribution is -2.43. The molecule has 0 atom stereocenters. The van der Waals surface area contributed by atoms with Crippen LogP contribution in [0.1, 0.15) is 17.0 Å². The summed E-state index contributed by atoms with van der Waals surface area (Å²) >= 11 is 0. The lowest BCUT2D eigenvalue weighted by atomic mass is 10.1. The van der Waals surface area contributed by atoms with Gasteiger partial charge in [0.2, 0.25) is 11.4 Å². The third-order valence-corrected chi connectivity index (χ3v) is 3.40. The maximum absolute atomic E-state index is 10.1. The molecule has 3 N–H and O–H groups in total. The first-order valence-corrected chi connectivity index (χ1v) is 7.10. The molecular formula is C18H21N2O2+. The molecule has 0 spiro atoms. The lowest BCUT2D eigenvalue weighted by Gasteiger charge is -2.06. The molecule has 4 nitrogen and oxygen atoms in total. The molecule has 0 saturated heterocycles. The first kappa shape index (κ1) is 15.8. The molecule has 0 aliphatic rings. The number of rotatable bonds is 6. The Morgan fingerprint density at radius 3 is 2.59 bits per heavy atom. The van der Waals surface area contributed by atoms with Gasteiger partial charge in [0.25, 0.3) is 0 Å². The first-order chi connectivity index (χ1) is 10.7. The minimum Gasteiger partial charge on any atom is -0.504 e. The zero-order chi connectivity index (χ0) is 15.9. The number of benzene rings is 1. The molecule has 0 bridgehead atoms. The highest BCUT2D eigenvalue weighted by molar-refractivity contribution is 5.72. The summed E-state index contributed by atoms with van der Waals surface area (Å²) < 4.78 is 7.20. The highest BCUT2D eigenvalue weighted by Gasteiger charge is 2.11. The zero-order valence-electron chi connectivity index (χ0n) is 12.7. The number of nitrogens with zero attached hydrogens (tertiary/aromatic N) is 1. The van der Waals surface area contributed by atoms with Gasteiger partial charge in [0, 0.05) is 29.8 Å². The van der Waals surface area contributed by atoms with Crippen molar-refractivity contribution in [2.45, 2.75) is 6.54 Å². The van der Waals surface area contributed by atoms with Crippen LogP contribution in [0.25, 0.3) is 18.2 Å². The van der Waals surface area contributed by atoms with Crippen LogP contribution >= 0.6 is 0 Å². The van der Waals surface area contributed by atoms with Crippen LogP contribution in [0.4, 0.5) is 0 Å². The summed E-state index contributed by atoms with van der Waals surface area (Å²) in [5.41, 5.74) is 8.38. The molecule has 1 aromatic carbocycles. The van der Waals surface area contributed by atoms with Crippen LogP contribution in [-0.2, 0) is 6.54 Å². The monoisotopic (exact) mass is 297 g/mol. The number of pyridine rings is 1. The summed E-state index contributed by atoms with van der Waals surface area (Å²) in [5.74, 6) is 0.586. The second-order valence-corrected chi connectivity index (χ2v) is 4.75. The summed E-state index contributed by atoms with van der Waals surface area (Å²) in [7, 11) is 1.53. The topological polar surface area (TPSA) is 59.4 Å². The van der Waals surface area contributed by atoms with E-state index in [-0.39, 0.29) is 5.75 Å². The predicted molar refractivity (Wildman–Crippen MR) is 89.4 cm³/mol. The molecule has 0 fully saturated rings. The number of hydrogen-bond acceptors (Lipinski definition) is 3. The van der Waals surface area contributed by atoms with Gasteiger partial charge in [0.15, 0.2) is 18.0 Å². The summed E-state index contributed by atoms with van der Waals surface area (Å²) in [6.07, 6.45) is 5.60. The van der Waals surface area contributed by atoms with Gasteiger partial charge in [-0.2, -0.15) is 4.57 Å². The van der Waals surface area contributed by atoms with Crippen LogP contribution in [0, 0.1) is 0 Å².